The van der Waals surface area contributed by atoms with E-state index in [0.717, 1.165) is 5.56 Å². The third-order valence-electron chi connectivity index (χ3n) is 2.45. The lowest BCUT2D eigenvalue weighted by molar-refractivity contribution is -0.117. The normalized spacial score (nSPS) is 10.6. The van der Waals surface area contributed by atoms with Gasteiger partial charge in [0.05, 0.1) is 0 Å². The van der Waals surface area contributed by atoms with E-state index in [-0.39, 0.29) is 5.78 Å². The Bertz CT molecular complexity index is 551. The van der Waals surface area contributed by atoms with Crippen LogP contribution in [0.15, 0.2) is 28.8 Å². The molecule has 94 valence electrons. The van der Waals surface area contributed by atoms with Crippen LogP contribution in [0.1, 0.15) is 30.6 Å². The second kappa shape index (κ2) is 5.78. The number of hydrogen-bond donors (Lipinski definition) is 0. The largest absolute Gasteiger partial charge is 0.339 e. The van der Waals surface area contributed by atoms with Gasteiger partial charge < -0.3 is 9.32 Å². The summed E-state index contributed by atoms with van der Waals surface area (Å²) in [7, 11) is 0. The van der Waals surface area contributed by atoms with Crippen LogP contribution in [0, 0.1) is 0 Å². The number of nitrogens with zero attached hydrogens (tertiary/aromatic N) is 2. The fraction of sp³-hybridized carbons (Fsp3) is 0.308. The molecule has 4 nitrogen and oxygen atoms in total. The zero-order chi connectivity index (χ0) is 13.0. The second-order valence-corrected chi connectivity index (χ2v) is 4.55. The van der Waals surface area contributed by atoms with Crippen molar-refractivity contribution in [1.82, 2.24) is 10.1 Å². The van der Waals surface area contributed by atoms with Gasteiger partial charge in [-0.15, -0.1) is 0 Å². The Morgan fingerprint density at radius 1 is 1.44 bits per heavy atom. The number of aryl methyl sites for hydroxylation is 1. The Morgan fingerprint density at radius 3 is 3.00 bits per heavy atom. The van der Waals surface area contributed by atoms with Gasteiger partial charge in [0.2, 0.25) is 5.89 Å². The van der Waals surface area contributed by atoms with Gasteiger partial charge in [0.15, 0.2) is 5.82 Å². The highest BCUT2D eigenvalue weighted by Crippen LogP contribution is 2.13. The fourth-order valence-corrected chi connectivity index (χ4v) is 1.79. The van der Waals surface area contributed by atoms with Gasteiger partial charge in [-0.25, -0.2) is 0 Å². The van der Waals surface area contributed by atoms with Gasteiger partial charge in [0, 0.05) is 24.3 Å². The molecule has 18 heavy (non-hydrogen) atoms. The molecule has 0 N–H and O–H groups in total. The van der Waals surface area contributed by atoms with Gasteiger partial charge in [0.1, 0.15) is 5.78 Å². The maximum Gasteiger partial charge on any atom is 0.227 e. The smallest absolute Gasteiger partial charge is 0.227 e. The van der Waals surface area contributed by atoms with E-state index < -0.39 is 0 Å². The van der Waals surface area contributed by atoms with E-state index in [2.05, 4.69) is 10.1 Å². The first-order valence-electron chi connectivity index (χ1n) is 5.69. The molecule has 2 aromatic rings. The zero-order valence-electron chi connectivity index (χ0n) is 10.0. The molecule has 0 aliphatic carbocycles. The number of ketones is 1. The minimum Gasteiger partial charge on any atom is -0.339 e. The van der Waals surface area contributed by atoms with E-state index in [1.807, 2.05) is 24.3 Å². The molecule has 0 fully saturated rings. The summed E-state index contributed by atoms with van der Waals surface area (Å²) in [4.78, 5) is 15.1. The third kappa shape index (κ3) is 3.67. The van der Waals surface area contributed by atoms with Crippen molar-refractivity contribution in [3.8, 4) is 0 Å². The minimum atomic E-state index is 0.115. The zero-order valence-corrected chi connectivity index (χ0v) is 10.8. The average molecular weight is 265 g/mol. The Morgan fingerprint density at radius 2 is 2.28 bits per heavy atom. The molecule has 1 heterocycles. The summed E-state index contributed by atoms with van der Waals surface area (Å²) in [5.41, 5.74) is 1.03. The molecule has 0 aliphatic rings. The van der Waals surface area contributed by atoms with Crippen LogP contribution in [0.5, 0.6) is 0 Å². The van der Waals surface area contributed by atoms with E-state index >= 15 is 0 Å². The van der Waals surface area contributed by atoms with Gasteiger partial charge >= 0.3 is 0 Å². The minimum absolute atomic E-state index is 0.115. The Labute approximate surface area is 110 Å². The van der Waals surface area contributed by atoms with Gasteiger partial charge in [-0.2, -0.15) is 4.98 Å². The molecule has 0 amide bonds. The maximum absolute atomic E-state index is 10.8. The molecule has 0 unspecified atom stereocenters. The number of halogens is 1. The van der Waals surface area contributed by atoms with Crippen molar-refractivity contribution in [2.45, 2.75) is 26.2 Å². The lowest BCUT2D eigenvalue weighted by Gasteiger charge is -1.96. The highest BCUT2D eigenvalue weighted by atomic mass is 35.5. The standard InChI is InChI=1S/C13H13ClN2O2/c1-9(17)5-6-13-15-12(16-18-13)8-10-3-2-4-11(14)7-10/h2-4,7H,5-6,8H2,1H3. The highest BCUT2D eigenvalue weighted by Gasteiger charge is 2.08. The summed E-state index contributed by atoms with van der Waals surface area (Å²) in [6, 6.07) is 7.53. The Balaban J connectivity index is 2.00. The van der Waals surface area contributed by atoms with Crippen LogP contribution in [-0.2, 0) is 17.6 Å². The summed E-state index contributed by atoms with van der Waals surface area (Å²) in [5.74, 6) is 1.22. The predicted octanol–water partition coefficient (Wildman–Crippen LogP) is 2.84. The van der Waals surface area contributed by atoms with Crippen LogP contribution in [0.2, 0.25) is 5.02 Å². The first-order valence-corrected chi connectivity index (χ1v) is 6.06. The molecule has 0 atom stereocenters. The average Bonchev–Trinajstić information content (AvgIpc) is 2.74. The molecule has 0 aliphatic heterocycles. The van der Waals surface area contributed by atoms with Crippen LogP contribution in [0.25, 0.3) is 0 Å². The summed E-state index contributed by atoms with van der Waals surface area (Å²) in [5, 5.41) is 4.57. The van der Waals surface area contributed by atoms with Crippen molar-refractivity contribution >= 4 is 17.4 Å². The monoisotopic (exact) mass is 264 g/mol. The Hall–Kier alpha value is -1.68. The molecular formula is C13H13ClN2O2. The number of Topliss-reactive ketones (excluding diaryl/α,β-unsaturated/α-hetero) is 1. The van der Waals surface area contributed by atoms with E-state index in [0.29, 0.717) is 36.0 Å². The molecule has 0 saturated heterocycles. The molecule has 1 aromatic carbocycles. The quantitative estimate of drug-likeness (QED) is 0.833. The third-order valence-corrected chi connectivity index (χ3v) is 2.69. The molecule has 0 spiro atoms. The van der Waals surface area contributed by atoms with Gasteiger partial charge in [0.25, 0.3) is 0 Å². The number of carbonyl (C=O) groups is 1. The van der Waals surface area contributed by atoms with Crippen molar-refractivity contribution < 1.29 is 9.32 Å². The first kappa shape index (κ1) is 12.8. The second-order valence-electron chi connectivity index (χ2n) is 4.11. The Kier molecular flexibility index (Phi) is 4.10. The molecule has 2 rings (SSSR count). The van der Waals surface area contributed by atoms with Crippen LogP contribution in [0.3, 0.4) is 0 Å². The topological polar surface area (TPSA) is 56.0 Å². The van der Waals surface area contributed by atoms with Crippen LogP contribution >= 0.6 is 11.6 Å². The number of aromatic nitrogens is 2. The molecule has 0 radical (unpaired) electrons. The summed E-state index contributed by atoms with van der Waals surface area (Å²) < 4.78 is 5.07. The summed E-state index contributed by atoms with van der Waals surface area (Å²) in [6.07, 6.45) is 1.50. The predicted molar refractivity (Wildman–Crippen MR) is 67.6 cm³/mol. The van der Waals surface area contributed by atoms with E-state index in [4.69, 9.17) is 16.1 Å². The molecule has 0 saturated carbocycles. The van der Waals surface area contributed by atoms with Crippen molar-refractivity contribution in [3.05, 3.63) is 46.6 Å². The lowest BCUT2D eigenvalue weighted by atomic mass is 10.1. The van der Waals surface area contributed by atoms with Gasteiger partial charge in [-0.1, -0.05) is 28.9 Å². The maximum atomic E-state index is 10.8. The number of benzene rings is 1. The fourth-order valence-electron chi connectivity index (χ4n) is 1.58. The van der Waals surface area contributed by atoms with Gasteiger partial charge in [-0.05, 0) is 24.6 Å². The number of carbonyl (C=O) groups excluding carboxylic acids is 1. The summed E-state index contributed by atoms with van der Waals surface area (Å²) >= 11 is 5.90. The summed E-state index contributed by atoms with van der Waals surface area (Å²) in [6.45, 7) is 1.54. The lowest BCUT2D eigenvalue weighted by Crippen LogP contribution is -1.95. The molecular weight excluding hydrogens is 252 g/mol. The van der Waals surface area contributed by atoms with Crippen LogP contribution < -0.4 is 0 Å². The van der Waals surface area contributed by atoms with Gasteiger partial charge in [-0.3, -0.25) is 0 Å². The van der Waals surface area contributed by atoms with E-state index in [1.165, 1.54) is 0 Å². The number of rotatable bonds is 5. The van der Waals surface area contributed by atoms with Crippen molar-refractivity contribution in [2.75, 3.05) is 0 Å². The van der Waals surface area contributed by atoms with E-state index in [1.54, 1.807) is 6.92 Å². The molecule has 1 aromatic heterocycles. The molecule has 0 bridgehead atoms. The van der Waals surface area contributed by atoms with Crippen molar-refractivity contribution in [3.63, 3.8) is 0 Å². The van der Waals surface area contributed by atoms with Crippen molar-refractivity contribution in [1.29, 1.82) is 0 Å². The van der Waals surface area contributed by atoms with Crippen LogP contribution in [0.4, 0.5) is 0 Å². The molecule has 5 heteroatoms. The highest BCUT2D eigenvalue weighted by molar-refractivity contribution is 6.30. The SMILES string of the molecule is CC(=O)CCc1nc(Cc2cccc(Cl)c2)no1. The number of hydrogen-bond acceptors (Lipinski definition) is 4. The first-order chi connectivity index (χ1) is 8.63. The van der Waals surface area contributed by atoms with Crippen molar-refractivity contribution in [2.24, 2.45) is 0 Å². The van der Waals surface area contributed by atoms with Crippen LogP contribution in [-0.4, -0.2) is 15.9 Å². The van der Waals surface area contributed by atoms with E-state index in [9.17, 15) is 4.79 Å².